The number of rotatable bonds is 5. The van der Waals surface area contributed by atoms with Crippen LogP contribution in [0.25, 0.3) is 6.08 Å². The van der Waals surface area contributed by atoms with E-state index in [0.717, 1.165) is 4.47 Å². The molecule has 0 saturated carbocycles. The molecule has 9 heteroatoms. The van der Waals surface area contributed by atoms with E-state index in [2.05, 4.69) is 15.9 Å². The van der Waals surface area contributed by atoms with Crippen LogP contribution in [0.4, 0.5) is 4.39 Å². The van der Waals surface area contributed by atoms with Gasteiger partial charge in [0.05, 0.1) is 12.0 Å². The molecular weight excluding hydrogens is 463 g/mol. The molecule has 29 heavy (non-hydrogen) atoms. The van der Waals surface area contributed by atoms with E-state index in [1.165, 1.54) is 35.7 Å². The Bertz CT molecular complexity index is 1020. The molecule has 0 unspecified atom stereocenters. The average Bonchev–Trinajstić information content (AvgIpc) is 2.72. The second kappa shape index (κ2) is 9.06. The van der Waals surface area contributed by atoms with Crippen LogP contribution in [0.5, 0.6) is 5.75 Å². The maximum absolute atomic E-state index is 13.7. The Morgan fingerprint density at radius 2 is 1.76 bits per heavy atom. The minimum absolute atomic E-state index is 0.136. The molecule has 2 aromatic rings. The number of piperazine rings is 1. The molecule has 0 radical (unpaired) electrons. The van der Waals surface area contributed by atoms with Crippen molar-refractivity contribution in [1.29, 1.82) is 0 Å². The Hall–Kier alpha value is -2.23. The summed E-state index contributed by atoms with van der Waals surface area (Å²) in [4.78, 5) is 14.2. The van der Waals surface area contributed by atoms with Gasteiger partial charge in [0.2, 0.25) is 15.9 Å². The van der Waals surface area contributed by atoms with Gasteiger partial charge < -0.3 is 9.64 Å². The first kappa shape index (κ1) is 21.5. The fourth-order valence-electron chi connectivity index (χ4n) is 2.96. The van der Waals surface area contributed by atoms with Crippen LogP contribution in [0, 0.1) is 5.82 Å². The lowest BCUT2D eigenvalue weighted by Gasteiger charge is -2.33. The van der Waals surface area contributed by atoms with Gasteiger partial charge in [-0.1, -0.05) is 22.0 Å². The van der Waals surface area contributed by atoms with Crippen molar-refractivity contribution >= 4 is 37.9 Å². The van der Waals surface area contributed by atoms with Crippen molar-refractivity contribution < 1.29 is 22.3 Å². The molecule has 2 aromatic carbocycles. The highest BCUT2D eigenvalue weighted by Gasteiger charge is 2.29. The highest BCUT2D eigenvalue weighted by molar-refractivity contribution is 9.10. The van der Waals surface area contributed by atoms with Gasteiger partial charge in [0.15, 0.2) is 11.6 Å². The van der Waals surface area contributed by atoms with Crippen LogP contribution < -0.4 is 4.74 Å². The molecule has 6 nitrogen and oxygen atoms in total. The van der Waals surface area contributed by atoms with Gasteiger partial charge in [0.25, 0.3) is 0 Å². The van der Waals surface area contributed by atoms with Gasteiger partial charge in [-0.25, -0.2) is 12.8 Å². The standard InChI is InChI=1S/C20H20BrFN2O4S/c1-28-19-8-2-15(14-18(19)22)3-9-20(25)23-10-12-24(13-11-23)29(26,27)17-6-4-16(21)5-7-17/h2-9,14H,10-13H2,1H3/b9-3+. The number of hydrogen-bond acceptors (Lipinski definition) is 4. The van der Waals surface area contributed by atoms with Crippen LogP contribution in [-0.2, 0) is 14.8 Å². The summed E-state index contributed by atoms with van der Waals surface area (Å²) in [5.74, 6) is -0.618. The molecule has 154 valence electrons. The maximum atomic E-state index is 13.7. The topological polar surface area (TPSA) is 66.9 Å². The minimum Gasteiger partial charge on any atom is -0.494 e. The van der Waals surface area contributed by atoms with Crippen molar-refractivity contribution in [2.75, 3.05) is 33.3 Å². The average molecular weight is 483 g/mol. The number of hydrogen-bond donors (Lipinski definition) is 0. The Morgan fingerprint density at radius 3 is 2.34 bits per heavy atom. The number of amides is 1. The van der Waals surface area contributed by atoms with Crippen molar-refractivity contribution in [2.45, 2.75) is 4.90 Å². The van der Waals surface area contributed by atoms with E-state index < -0.39 is 15.8 Å². The Kier molecular flexibility index (Phi) is 6.71. The molecule has 1 aliphatic rings. The van der Waals surface area contributed by atoms with E-state index in [1.807, 2.05) is 0 Å². The van der Waals surface area contributed by atoms with Crippen molar-refractivity contribution in [3.8, 4) is 5.75 Å². The van der Waals surface area contributed by atoms with E-state index in [0.29, 0.717) is 5.56 Å². The number of benzene rings is 2. The number of nitrogens with zero attached hydrogens (tertiary/aromatic N) is 2. The van der Waals surface area contributed by atoms with Gasteiger partial charge in [-0.2, -0.15) is 4.31 Å². The summed E-state index contributed by atoms with van der Waals surface area (Å²) in [7, 11) is -2.21. The zero-order chi connectivity index (χ0) is 21.0. The molecule has 3 rings (SSSR count). The third kappa shape index (κ3) is 5.04. The van der Waals surface area contributed by atoms with Crippen LogP contribution in [0.15, 0.2) is 57.9 Å². The fraction of sp³-hybridized carbons (Fsp3) is 0.250. The van der Waals surface area contributed by atoms with Gasteiger partial charge in [-0.15, -0.1) is 0 Å². The smallest absolute Gasteiger partial charge is 0.246 e. The third-order valence-corrected chi connectivity index (χ3v) is 7.04. The van der Waals surface area contributed by atoms with Crippen molar-refractivity contribution in [3.63, 3.8) is 0 Å². The predicted molar refractivity (Wildman–Crippen MR) is 111 cm³/mol. The van der Waals surface area contributed by atoms with Crippen molar-refractivity contribution in [1.82, 2.24) is 9.21 Å². The second-order valence-corrected chi connectivity index (χ2v) is 9.26. The molecule has 0 aromatic heterocycles. The molecule has 0 bridgehead atoms. The van der Waals surface area contributed by atoms with Crippen LogP contribution in [0.2, 0.25) is 0 Å². The van der Waals surface area contributed by atoms with E-state index in [4.69, 9.17) is 4.74 Å². The maximum Gasteiger partial charge on any atom is 0.246 e. The molecule has 1 aliphatic heterocycles. The molecule has 1 heterocycles. The zero-order valence-electron chi connectivity index (χ0n) is 15.7. The monoisotopic (exact) mass is 482 g/mol. The molecule has 1 amide bonds. The first-order valence-electron chi connectivity index (χ1n) is 8.87. The Balaban J connectivity index is 1.60. The number of halogens is 2. The quantitative estimate of drug-likeness (QED) is 0.613. The lowest BCUT2D eigenvalue weighted by molar-refractivity contribution is -0.127. The highest BCUT2D eigenvalue weighted by Crippen LogP contribution is 2.21. The van der Waals surface area contributed by atoms with Gasteiger partial charge in [0, 0.05) is 36.7 Å². The van der Waals surface area contributed by atoms with E-state index in [-0.39, 0.29) is 42.7 Å². The zero-order valence-corrected chi connectivity index (χ0v) is 18.1. The number of methoxy groups -OCH3 is 1. The lowest BCUT2D eigenvalue weighted by Crippen LogP contribution is -2.50. The summed E-state index contributed by atoms with van der Waals surface area (Å²) in [6.07, 6.45) is 2.88. The molecule has 0 atom stereocenters. The highest BCUT2D eigenvalue weighted by atomic mass is 79.9. The largest absolute Gasteiger partial charge is 0.494 e. The molecule has 0 N–H and O–H groups in total. The van der Waals surface area contributed by atoms with Crippen LogP contribution >= 0.6 is 15.9 Å². The van der Waals surface area contributed by atoms with E-state index in [1.54, 1.807) is 35.2 Å². The first-order chi connectivity index (χ1) is 13.8. The molecule has 1 fully saturated rings. The van der Waals surface area contributed by atoms with E-state index in [9.17, 15) is 17.6 Å². The Morgan fingerprint density at radius 1 is 1.10 bits per heavy atom. The number of carbonyl (C=O) groups excluding carboxylic acids is 1. The predicted octanol–water partition coefficient (Wildman–Crippen LogP) is 3.14. The van der Waals surface area contributed by atoms with Gasteiger partial charge in [0.1, 0.15) is 0 Å². The second-order valence-electron chi connectivity index (χ2n) is 6.41. The summed E-state index contributed by atoms with van der Waals surface area (Å²) in [5, 5.41) is 0. The van der Waals surface area contributed by atoms with Gasteiger partial charge >= 0.3 is 0 Å². The molecule has 1 saturated heterocycles. The number of sulfonamides is 1. The summed E-state index contributed by atoms with van der Waals surface area (Å²) in [5.41, 5.74) is 0.535. The molecular formula is C20H20BrFN2O4S. The van der Waals surface area contributed by atoms with Gasteiger partial charge in [-0.3, -0.25) is 4.79 Å². The molecule has 0 aliphatic carbocycles. The van der Waals surface area contributed by atoms with Crippen LogP contribution in [0.3, 0.4) is 0 Å². The van der Waals surface area contributed by atoms with Crippen LogP contribution in [0.1, 0.15) is 5.56 Å². The first-order valence-corrected chi connectivity index (χ1v) is 11.1. The van der Waals surface area contributed by atoms with E-state index >= 15 is 0 Å². The van der Waals surface area contributed by atoms with Crippen molar-refractivity contribution in [2.24, 2.45) is 0 Å². The fourth-order valence-corrected chi connectivity index (χ4v) is 4.65. The number of ether oxygens (including phenoxy) is 1. The third-order valence-electron chi connectivity index (χ3n) is 4.60. The minimum atomic E-state index is -3.59. The Labute approximate surface area is 177 Å². The van der Waals surface area contributed by atoms with Gasteiger partial charge in [-0.05, 0) is 48.0 Å². The molecule has 0 spiro atoms. The lowest BCUT2D eigenvalue weighted by atomic mass is 10.2. The summed E-state index contributed by atoms with van der Waals surface area (Å²) >= 11 is 3.29. The van der Waals surface area contributed by atoms with Crippen LogP contribution in [-0.4, -0.2) is 56.8 Å². The summed E-state index contributed by atoms with van der Waals surface area (Å²) in [6, 6.07) is 10.9. The summed E-state index contributed by atoms with van der Waals surface area (Å²) < 4.78 is 46.2. The van der Waals surface area contributed by atoms with Crippen molar-refractivity contribution in [3.05, 3.63) is 64.4 Å². The SMILES string of the molecule is COc1ccc(/C=C/C(=O)N2CCN(S(=O)(=O)c3ccc(Br)cc3)CC2)cc1F. The normalized spacial score (nSPS) is 15.6. The number of carbonyl (C=O) groups is 1. The summed E-state index contributed by atoms with van der Waals surface area (Å²) in [6.45, 7) is 1.01.